The lowest BCUT2D eigenvalue weighted by molar-refractivity contribution is 0.0223. The minimum atomic E-state index is -4.36. The van der Waals surface area contributed by atoms with Crippen molar-refractivity contribution < 1.29 is 26.8 Å². The fraction of sp³-hybridized carbons (Fsp3) is 0.391. The fourth-order valence-electron chi connectivity index (χ4n) is 4.21. The number of ether oxygens (including phenoxy) is 1. The highest BCUT2D eigenvalue weighted by Gasteiger charge is 2.29. The molecule has 11 heteroatoms. The third kappa shape index (κ3) is 4.56. The second-order valence-corrected chi connectivity index (χ2v) is 11.8. The van der Waals surface area contributed by atoms with Crippen LogP contribution in [-0.4, -0.2) is 36.1 Å². The van der Waals surface area contributed by atoms with Crippen LogP contribution in [0.1, 0.15) is 50.4 Å². The number of amides is 1. The third-order valence-electron chi connectivity index (χ3n) is 5.73. The van der Waals surface area contributed by atoms with Crippen LogP contribution in [0.3, 0.4) is 0 Å². The van der Waals surface area contributed by atoms with Gasteiger partial charge in [-0.25, -0.2) is 22.4 Å². The lowest BCUT2D eigenvalue weighted by Gasteiger charge is -2.33. The van der Waals surface area contributed by atoms with Gasteiger partial charge < -0.3 is 14.1 Å². The van der Waals surface area contributed by atoms with Gasteiger partial charge in [0.15, 0.2) is 5.58 Å². The third-order valence-corrected chi connectivity index (χ3v) is 7.06. The first-order valence-electron chi connectivity index (χ1n) is 10.6. The molecule has 1 aliphatic rings. The standard InChI is InChI=1S/C23H24ClFN2O6S/c1-13(27-18-10-17(25)20(34(24,30)31)11-19(18)32-22(27)29)15-7-5-6-14-8-9-26(12-16(14)15)21(28)33-23(2,3)4/h5-7,10-11,13H,8-9,12H2,1-4H3/t13-/m1/s1. The monoisotopic (exact) mass is 510 g/mol. The lowest BCUT2D eigenvalue weighted by atomic mass is 9.91. The average Bonchev–Trinajstić information content (AvgIpc) is 3.04. The summed E-state index contributed by atoms with van der Waals surface area (Å²) < 4.78 is 49.8. The maximum Gasteiger partial charge on any atom is 0.420 e. The molecule has 182 valence electrons. The van der Waals surface area contributed by atoms with E-state index in [1.807, 2.05) is 18.2 Å². The highest BCUT2D eigenvalue weighted by atomic mass is 35.7. The minimum absolute atomic E-state index is 0.0940. The number of hydrogen-bond donors (Lipinski definition) is 0. The number of aromatic nitrogens is 1. The lowest BCUT2D eigenvalue weighted by Crippen LogP contribution is -2.40. The van der Waals surface area contributed by atoms with E-state index in [-0.39, 0.29) is 17.6 Å². The highest BCUT2D eigenvalue weighted by molar-refractivity contribution is 8.13. The van der Waals surface area contributed by atoms with Gasteiger partial charge in [-0.05, 0) is 50.8 Å². The Morgan fingerprint density at radius 3 is 2.62 bits per heavy atom. The summed E-state index contributed by atoms with van der Waals surface area (Å²) in [6.07, 6.45) is 0.185. The van der Waals surface area contributed by atoms with E-state index in [1.165, 1.54) is 4.57 Å². The van der Waals surface area contributed by atoms with E-state index in [9.17, 15) is 22.4 Å². The second kappa shape index (κ2) is 8.42. The van der Waals surface area contributed by atoms with Gasteiger partial charge in [0.05, 0.1) is 11.6 Å². The summed E-state index contributed by atoms with van der Waals surface area (Å²) in [6, 6.07) is 6.89. The number of hydrogen-bond acceptors (Lipinski definition) is 6. The van der Waals surface area contributed by atoms with Crippen LogP contribution < -0.4 is 5.76 Å². The van der Waals surface area contributed by atoms with E-state index in [0.29, 0.717) is 13.0 Å². The molecule has 0 spiro atoms. The van der Waals surface area contributed by atoms with Crippen molar-refractivity contribution in [2.45, 2.75) is 57.2 Å². The van der Waals surface area contributed by atoms with E-state index in [0.717, 1.165) is 28.8 Å². The van der Waals surface area contributed by atoms with Gasteiger partial charge in [-0.3, -0.25) is 4.57 Å². The van der Waals surface area contributed by atoms with Gasteiger partial charge >= 0.3 is 11.8 Å². The Bertz CT molecular complexity index is 1450. The van der Waals surface area contributed by atoms with Crippen molar-refractivity contribution in [2.75, 3.05) is 6.54 Å². The molecule has 0 unspecified atom stereocenters. The van der Waals surface area contributed by atoms with Crippen molar-refractivity contribution in [1.29, 1.82) is 0 Å². The molecule has 2 heterocycles. The Morgan fingerprint density at radius 1 is 1.26 bits per heavy atom. The maximum atomic E-state index is 14.5. The van der Waals surface area contributed by atoms with Crippen molar-refractivity contribution >= 4 is 36.9 Å². The Kier molecular flexibility index (Phi) is 6.02. The van der Waals surface area contributed by atoms with Crippen LogP contribution in [0, 0.1) is 5.82 Å². The van der Waals surface area contributed by atoms with Gasteiger partial charge in [-0.2, -0.15) is 0 Å². The van der Waals surface area contributed by atoms with Gasteiger partial charge in [0, 0.05) is 35.9 Å². The number of benzene rings is 2. The van der Waals surface area contributed by atoms with Crippen LogP contribution in [-0.2, 0) is 26.8 Å². The summed E-state index contributed by atoms with van der Waals surface area (Å²) in [6.45, 7) is 7.93. The molecule has 0 fully saturated rings. The molecule has 2 aromatic carbocycles. The molecule has 34 heavy (non-hydrogen) atoms. The Balaban J connectivity index is 1.77. The molecule has 0 saturated carbocycles. The molecule has 3 aromatic rings. The predicted molar refractivity (Wildman–Crippen MR) is 124 cm³/mol. The minimum Gasteiger partial charge on any atom is -0.444 e. The quantitative estimate of drug-likeness (QED) is 0.479. The number of rotatable bonds is 3. The van der Waals surface area contributed by atoms with E-state index in [2.05, 4.69) is 0 Å². The van der Waals surface area contributed by atoms with Crippen LogP contribution in [0.5, 0.6) is 0 Å². The first-order chi connectivity index (χ1) is 15.8. The summed E-state index contributed by atoms with van der Waals surface area (Å²) >= 11 is 0. The van der Waals surface area contributed by atoms with E-state index in [4.69, 9.17) is 19.8 Å². The Hall–Kier alpha value is -2.85. The summed E-state index contributed by atoms with van der Waals surface area (Å²) in [4.78, 5) is 26.2. The largest absolute Gasteiger partial charge is 0.444 e. The smallest absolute Gasteiger partial charge is 0.420 e. The number of oxazole rings is 1. The molecule has 0 saturated heterocycles. The normalized spacial score (nSPS) is 15.3. The zero-order chi connectivity index (χ0) is 25.0. The molecule has 0 N–H and O–H groups in total. The summed E-state index contributed by atoms with van der Waals surface area (Å²) in [5.41, 5.74) is 2.02. The number of carbonyl (C=O) groups excluding carboxylic acids is 1. The first kappa shape index (κ1) is 24.3. The zero-order valence-corrected chi connectivity index (χ0v) is 20.7. The molecule has 0 aliphatic carbocycles. The fourth-order valence-corrected chi connectivity index (χ4v) is 5.10. The van der Waals surface area contributed by atoms with Crippen molar-refractivity contribution in [3.8, 4) is 0 Å². The molecule has 1 atom stereocenters. The maximum absolute atomic E-state index is 14.5. The Labute approximate surface area is 200 Å². The molecule has 1 aliphatic heterocycles. The molecule has 8 nitrogen and oxygen atoms in total. The summed E-state index contributed by atoms with van der Waals surface area (Å²) in [5, 5.41) is 0. The highest BCUT2D eigenvalue weighted by Crippen LogP contribution is 2.32. The van der Waals surface area contributed by atoms with Gasteiger partial charge in [0.2, 0.25) is 0 Å². The predicted octanol–water partition coefficient (Wildman–Crippen LogP) is 4.56. The van der Waals surface area contributed by atoms with Gasteiger partial charge in [0.25, 0.3) is 9.05 Å². The second-order valence-electron chi connectivity index (χ2n) is 9.24. The van der Waals surface area contributed by atoms with Crippen LogP contribution in [0.25, 0.3) is 11.1 Å². The van der Waals surface area contributed by atoms with E-state index >= 15 is 0 Å². The topological polar surface area (TPSA) is 98.8 Å². The van der Waals surface area contributed by atoms with Crippen LogP contribution in [0.15, 0.2) is 44.4 Å². The molecule has 0 bridgehead atoms. The average molecular weight is 511 g/mol. The van der Waals surface area contributed by atoms with Gasteiger partial charge in [-0.1, -0.05) is 18.2 Å². The number of halogens is 2. The SMILES string of the molecule is C[C@H](c1cccc2c1CN(C(=O)OC(C)(C)C)CC2)n1c(=O)oc2cc(S(=O)(=O)Cl)c(F)cc21. The van der Waals surface area contributed by atoms with Crippen LogP contribution in [0.2, 0.25) is 0 Å². The number of nitrogens with zero attached hydrogens (tertiary/aromatic N) is 2. The molecule has 4 rings (SSSR count). The van der Waals surface area contributed by atoms with Gasteiger partial charge in [0.1, 0.15) is 16.3 Å². The molecule has 1 amide bonds. The number of fused-ring (bicyclic) bond motifs is 2. The first-order valence-corrected chi connectivity index (χ1v) is 12.9. The van der Waals surface area contributed by atoms with E-state index < -0.39 is 43.3 Å². The van der Waals surface area contributed by atoms with Crippen molar-refractivity contribution in [3.05, 3.63) is 63.4 Å². The summed E-state index contributed by atoms with van der Waals surface area (Å²) in [7, 11) is 0.927. The van der Waals surface area contributed by atoms with Crippen LogP contribution in [0.4, 0.5) is 9.18 Å². The van der Waals surface area contributed by atoms with E-state index in [1.54, 1.807) is 32.6 Å². The van der Waals surface area contributed by atoms with Crippen molar-refractivity contribution in [2.24, 2.45) is 0 Å². The van der Waals surface area contributed by atoms with Gasteiger partial charge in [-0.15, -0.1) is 0 Å². The van der Waals surface area contributed by atoms with Crippen LogP contribution >= 0.6 is 10.7 Å². The van der Waals surface area contributed by atoms with Crippen molar-refractivity contribution in [3.63, 3.8) is 0 Å². The Morgan fingerprint density at radius 2 is 1.97 bits per heavy atom. The molecular formula is C23H24ClFN2O6S. The summed E-state index contributed by atoms with van der Waals surface area (Å²) in [5.74, 6) is -1.86. The van der Waals surface area contributed by atoms with Crippen molar-refractivity contribution in [1.82, 2.24) is 9.47 Å². The molecule has 1 aromatic heterocycles. The molecule has 0 radical (unpaired) electrons. The zero-order valence-electron chi connectivity index (χ0n) is 19.1. The molecular weight excluding hydrogens is 487 g/mol. The number of carbonyl (C=O) groups is 1.